The highest BCUT2D eigenvalue weighted by molar-refractivity contribution is 7.09. The monoisotopic (exact) mass is 234 g/mol. The van der Waals surface area contributed by atoms with Gasteiger partial charge in [-0.15, -0.1) is 11.3 Å². The first kappa shape index (κ1) is 11.0. The summed E-state index contributed by atoms with van der Waals surface area (Å²) < 4.78 is 0. The number of thiazole rings is 1. The Kier molecular flexibility index (Phi) is 2.87. The summed E-state index contributed by atoms with van der Waals surface area (Å²) in [6, 6.07) is 0. The quantitative estimate of drug-likeness (QED) is 0.886. The molecule has 16 heavy (non-hydrogen) atoms. The third kappa shape index (κ3) is 2.19. The highest BCUT2D eigenvalue weighted by Gasteiger charge is 2.24. The van der Waals surface area contributed by atoms with Crippen LogP contribution in [0.3, 0.4) is 0 Å². The standard InChI is InChI=1S/C11H14N4S/c1-8-9(13-5-4-12-8)15-11(2,3)10-14-6-7-16-10/h4-7H,1-3H3,(H,13,15). The lowest BCUT2D eigenvalue weighted by atomic mass is 10.1. The van der Waals surface area contributed by atoms with Crippen molar-refractivity contribution >= 4 is 17.2 Å². The SMILES string of the molecule is Cc1nccnc1NC(C)(C)c1nccs1. The van der Waals surface area contributed by atoms with Crippen molar-refractivity contribution in [1.82, 2.24) is 15.0 Å². The van der Waals surface area contributed by atoms with E-state index in [0.717, 1.165) is 16.5 Å². The minimum atomic E-state index is -0.227. The Morgan fingerprint density at radius 2 is 1.88 bits per heavy atom. The van der Waals surface area contributed by atoms with Gasteiger partial charge in [-0.25, -0.2) is 9.97 Å². The highest BCUT2D eigenvalue weighted by Crippen LogP contribution is 2.26. The van der Waals surface area contributed by atoms with Gasteiger partial charge in [0.1, 0.15) is 10.8 Å². The van der Waals surface area contributed by atoms with Crippen molar-refractivity contribution in [2.24, 2.45) is 0 Å². The number of aromatic nitrogens is 3. The molecule has 0 amide bonds. The second kappa shape index (κ2) is 4.17. The molecule has 4 nitrogen and oxygen atoms in total. The molecule has 5 heteroatoms. The minimum Gasteiger partial charge on any atom is -0.357 e. The second-order valence-electron chi connectivity index (χ2n) is 4.08. The summed E-state index contributed by atoms with van der Waals surface area (Å²) in [6.45, 7) is 6.10. The van der Waals surface area contributed by atoms with Crippen LogP contribution in [0.4, 0.5) is 5.82 Å². The summed E-state index contributed by atoms with van der Waals surface area (Å²) in [5.41, 5.74) is 0.668. The van der Waals surface area contributed by atoms with Crippen molar-refractivity contribution in [2.75, 3.05) is 5.32 Å². The maximum atomic E-state index is 4.32. The lowest BCUT2D eigenvalue weighted by Gasteiger charge is -2.24. The van der Waals surface area contributed by atoms with E-state index in [4.69, 9.17) is 0 Å². The van der Waals surface area contributed by atoms with Crippen LogP contribution in [0.15, 0.2) is 24.0 Å². The van der Waals surface area contributed by atoms with E-state index in [2.05, 4.69) is 34.1 Å². The van der Waals surface area contributed by atoms with Crippen LogP contribution >= 0.6 is 11.3 Å². The van der Waals surface area contributed by atoms with Crippen molar-refractivity contribution in [3.63, 3.8) is 0 Å². The summed E-state index contributed by atoms with van der Waals surface area (Å²) in [5.74, 6) is 0.808. The van der Waals surface area contributed by atoms with Gasteiger partial charge in [-0.2, -0.15) is 0 Å². The lowest BCUT2D eigenvalue weighted by molar-refractivity contribution is 0.599. The molecule has 0 atom stereocenters. The van der Waals surface area contributed by atoms with E-state index >= 15 is 0 Å². The first-order valence-corrected chi connectivity index (χ1v) is 5.93. The maximum absolute atomic E-state index is 4.32. The fraction of sp³-hybridized carbons (Fsp3) is 0.364. The fourth-order valence-corrected chi connectivity index (χ4v) is 2.13. The van der Waals surface area contributed by atoms with Gasteiger partial charge in [0.15, 0.2) is 0 Å². The molecule has 0 unspecified atom stereocenters. The van der Waals surface area contributed by atoms with Gasteiger partial charge in [0.05, 0.1) is 11.2 Å². The van der Waals surface area contributed by atoms with Gasteiger partial charge in [0.2, 0.25) is 0 Å². The predicted molar refractivity (Wildman–Crippen MR) is 65.5 cm³/mol. The molecule has 0 aliphatic carbocycles. The normalized spacial score (nSPS) is 11.4. The zero-order chi connectivity index (χ0) is 11.6. The molecule has 0 bridgehead atoms. The number of nitrogens with one attached hydrogen (secondary N) is 1. The van der Waals surface area contributed by atoms with Crippen LogP contribution in [0.25, 0.3) is 0 Å². The molecular weight excluding hydrogens is 220 g/mol. The molecule has 2 aromatic rings. The summed E-state index contributed by atoms with van der Waals surface area (Å²) in [7, 11) is 0. The van der Waals surface area contributed by atoms with E-state index in [1.807, 2.05) is 18.5 Å². The summed E-state index contributed by atoms with van der Waals surface area (Å²) in [5, 5.41) is 6.38. The Balaban J connectivity index is 2.25. The van der Waals surface area contributed by atoms with Crippen LogP contribution in [0.2, 0.25) is 0 Å². The average molecular weight is 234 g/mol. The Labute approximate surface area is 98.8 Å². The summed E-state index contributed by atoms with van der Waals surface area (Å²) >= 11 is 1.63. The van der Waals surface area contributed by atoms with Crippen molar-refractivity contribution in [1.29, 1.82) is 0 Å². The average Bonchev–Trinajstić information content (AvgIpc) is 2.75. The third-order valence-corrected chi connectivity index (χ3v) is 3.38. The molecule has 0 spiro atoms. The molecule has 2 aromatic heterocycles. The molecule has 0 radical (unpaired) electrons. The van der Waals surface area contributed by atoms with Gasteiger partial charge >= 0.3 is 0 Å². The minimum absolute atomic E-state index is 0.227. The molecule has 2 rings (SSSR count). The van der Waals surface area contributed by atoms with E-state index in [1.54, 1.807) is 23.7 Å². The molecule has 0 saturated carbocycles. The Morgan fingerprint density at radius 3 is 2.50 bits per heavy atom. The Morgan fingerprint density at radius 1 is 1.12 bits per heavy atom. The Bertz CT molecular complexity index is 465. The predicted octanol–water partition coefficient (Wildman–Crippen LogP) is 2.59. The van der Waals surface area contributed by atoms with Crippen molar-refractivity contribution in [3.8, 4) is 0 Å². The topological polar surface area (TPSA) is 50.7 Å². The first-order chi connectivity index (χ1) is 7.59. The van der Waals surface area contributed by atoms with Crippen LogP contribution in [0, 0.1) is 6.92 Å². The van der Waals surface area contributed by atoms with Crippen molar-refractivity contribution in [3.05, 3.63) is 34.7 Å². The zero-order valence-electron chi connectivity index (χ0n) is 9.56. The molecular formula is C11H14N4S. The molecule has 2 heterocycles. The van der Waals surface area contributed by atoms with Gasteiger partial charge in [0, 0.05) is 24.0 Å². The van der Waals surface area contributed by atoms with Crippen LogP contribution in [0.1, 0.15) is 24.5 Å². The lowest BCUT2D eigenvalue weighted by Crippen LogP contribution is -2.28. The van der Waals surface area contributed by atoms with Gasteiger partial charge in [-0.1, -0.05) is 0 Å². The van der Waals surface area contributed by atoms with Crippen LogP contribution in [-0.2, 0) is 5.54 Å². The number of hydrogen-bond acceptors (Lipinski definition) is 5. The van der Waals surface area contributed by atoms with Crippen LogP contribution in [-0.4, -0.2) is 15.0 Å². The van der Waals surface area contributed by atoms with E-state index in [-0.39, 0.29) is 5.54 Å². The zero-order valence-corrected chi connectivity index (χ0v) is 10.4. The summed E-state index contributed by atoms with van der Waals surface area (Å²) in [6.07, 6.45) is 5.19. The smallest absolute Gasteiger partial charge is 0.148 e. The van der Waals surface area contributed by atoms with Gasteiger partial charge < -0.3 is 5.32 Å². The van der Waals surface area contributed by atoms with Crippen LogP contribution < -0.4 is 5.32 Å². The van der Waals surface area contributed by atoms with E-state index in [0.29, 0.717) is 0 Å². The molecule has 0 aliphatic heterocycles. The van der Waals surface area contributed by atoms with Crippen molar-refractivity contribution in [2.45, 2.75) is 26.3 Å². The molecule has 0 fully saturated rings. The van der Waals surface area contributed by atoms with Crippen LogP contribution in [0.5, 0.6) is 0 Å². The number of aryl methyl sites for hydroxylation is 1. The number of rotatable bonds is 3. The van der Waals surface area contributed by atoms with E-state index < -0.39 is 0 Å². The third-order valence-electron chi connectivity index (χ3n) is 2.28. The first-order valence-electron chi connectivity index (χ1n) is 5.05. The largest absolute Gasteiger partial charge is 0.357 e. The summed E-state index contributed by atoms with van der Waals surface area (Å²) in [4.78, 5) is 12.8. The molecule has 1 N–H and O–H groups in total. The number of nitrogens with zero attached hydrogens (tertiary/aromatic N) is 3. The second-order valence-corrected chi connectivity index (χ2v) is 4.97. The van der Waals surface area contributed by atoms with E-state index in [1.165, 1.54) is 0 Å². The molecule has 0 saturated heterocycles. The molecule has 0 aromatic carbocycles. The highest BCUT2D eigenvalue weighted by atomic mass is 32.1. The van der Waals surface area contributed by atoms with Gasteiger partial charge in [0.25, 0.3) is 0 Å². The van der Waals surface area contributed by atoms with Gasteiger partial charge in [-0.3, -0.25) is 4.98 Å². The molecule has 0 aliphatic rings. The maximum Gasteiger partial charge on any atom is 0.148 e. The number of anilines is 1. The Hall–Kier alpha value is -1.49. The fourth-order valence-electron chi connectivity index (χ4n) is 1.41. The molecule has 84 valence electrons. The number of hydrogen-bond donors (Lipinski definition) is 1. The van der Waals surface area contributed by atoms with Gasteiger partial charge in [-0.05, 0) is 20.8 Å². The van der Waals surface area contributed by atoms with E-state index in [9.17, 15) is 0 Å². The van der Waals surface area contributed by atoms with Crippen molar-refractivity contribution < 1.29 is 0 Å².